The lowest BCUT2D eigenvalue weighted by molar-refractivity contribution is -0.0498. The van der Waals surface area contributed by atoms with Gasteiger partial charge in [0.05, 0.1) is 4.88 Å². The Balaban J connectivity index is 2.31. The van der Waals surface area contributed by atoms with Gasteiger partial charge in [-0.2, -0.15) is 8.78 Å². The minimum absolute atomic E-state index is 0.00761. The average molecular weight is 282 g/mol. The quantitative estimate of drug-likeness (QED) is 0.786. The summed E-state index contributed by atoms with van der Waals surface area (Å²) in [7, 11) is 0. The maximum Gasteiger partial charge on any atom is 0.387 e. The smallest absolute Gasteiger partial charge is 0.387 e. The van der Waals surface area contributed by atoms with E-state index in [4.69, 9.17) is 0 Å². The van der Waals surface area contributed by atoms with Crippen LogP contribution in [0.25, 0.3) is 0 Å². The molecule has 5 heteroatoms. The van der Waals surface area contributed by atoms with Crippen LogP contribution >= 0.6 is 11.3 Å². The van der Waals surface area contributed by atoms with Crippen molar-refractivity contribution < 1.29 is 18.3 Å². The van der Waals surface area contributed by atoms with Crippen molar-refractivity contribution in [1.82, 2.24) is 0 Å². The van der Waals surface area contributed by atoms with Gasteiger partial charge in [-0.15, -0.1) is 11.3 Å². The van der Waals surface area contributed by atoms with E-state index in [0.717, 1.165) is 10.4 Å². The SMILES string of the molecule is Cc1cc(C)c(C(=O)c2cccc(OC(F)F)c2)s1. The molecule has 0 aliphatic rings. The normalized spacial score (nSPS) is 10.8. The molecule has 0 saturated carbocycles. The van der Waals surface area contributed by atoms with E-state index in [9.17, 15) is 13.6 Å². The number of ether oxygens (including phenoxy) is 1. The summed E-state index contributed by atoms with van der Waals surface area (Å²) in [6.07, 6.45) is 0. The van der Waals surface area contributed by atoms with Crippen molar-refractivity contribution >= 4 is 17.1 Å². The Morgan fingerprint density at radius 2 is 2.00 bits per heavy atom. The third kappa shape index (κ3) is 3.17. The first-order valence-corrected chi connectivity index (χ1v) is 6.45. The highest BCUT2D eigenvalue weighted by molar-refractivity contribution is 7.14. The topological polar surface area (TPSA) is 26.3 Å². The van der Waals surface area contributed by atoms with Crippen LogP contribution in [0.5, 0.6) is 5.75 Å². The van der Waals surface area contributed by atoms with Gasteiger partial charge in [0.2, 0.25) is 5.78 Å². The fraction of sp³-hybridized carbons (Fsp3) is 0.214. The predicted molar refractivity (Wildman–Crippen MR) is 70.3 cm³/mol. The Bertz CT molecular complexity index is 605. The summed E-state index contributed by atoms with van der Waals surface area (Å²) in [6, 6.07) is 7.78. The third-order valence-electron chi connectivity index (χ3n) is 2.57. The number of carbonyl (C=O) groups excluding carboxylic acids is 1. The fourth-order valence-corrected chi connectivity index (χ4v) is 2.80. The number of alkyl halides is 2. The van der Waals surface area contributed by atoms with Crippen molar-refractivity contribution in [3.63, 3.8) is 0 Å². The Labute approximate surface area is 113 Å². The van der Waals surface area contributed by atoms with Gasteiger partial charge in [-0.05, 0) is 37.6 Å². The van der Waals surface area contributed by atoms with Crippen LogP contribution in [0, 0.1) is 13.8 Å². The van der Waals surface area contributed by atoms with Gasteiger partial charge >= 0.3 is 6.61 Å². The van der Waals surface area contributed by atoms with Crippen LogP contribution in [0.2, 0.25) is 0 Å². The first-order chi connectivity index (χ1) is 8.97. The number of hydrogen-bond acceptors (Lipinski definition) is 3. The molecule has 0 unspecified atom stereocenters. The van der Waals surface area contributed by atoms with Gasteiger partial charge in [0.1, 0.15) is 5.75 Å². The molecule has 100 valence electrons. The summed E-state index contributed by atoms with van der Waals surface area (Å²) in [5.74, 6) is -0.179. The van der Waals surface area contributed by atoms with E-state index in [1.165, 1.54) is 29.5 Å². The summed E-state index contributed by atoms with van der Waals surface area (Å²) >= 11 is 1.40. The largest absolute Gasteiger partial charge is 0.435 e. The molecule has 2 rings (SSSR count). The Kier molecular flexibility index (Phi) is 3.95. The van der Waals surface area contributed by atoms with Crippen LogP contribution in [-0.4, -0.2) is 12.4 Å². The third-order valence-corrected chi connectivity index (χ3v) is 3.72. The molecule has 0 saturated heterocycles. The number of ketones is 1. The van der Waals surface area contributed by atoms with E-state index >= 15 is 0 Å². The molecule has 0 amide bonds. The Hall–Kier alpha value is -1.75. The highest BCUT2D eigenvalue weighted by Gasteiger charge is 2.15. The zero-order chi connectivity index (χ0) is 14.0. The molecule has 1 aromatic heterocycles. The fourth-order valence-electron chi connectivity index (χ4n) is 1.81. The van der Waals surface area contributed by atoms with Gasteiger partial charge in [0, 0.05) is 10.4 Å². The van der Waals surface area contributed by atoms with Crippen LogP contribution in [0.3, 0.4) is 0 Å². The van der Waals surface area contributed by atoms with Gasteiger partial charge in [-0.1, -0.05) is 12.1 Å². The van der Waals surface area contributed by atoms with E-state index < -0.39 is 6.61 Å². The van der Waals surface area contributed by atoms with Crippen molar-refractivity contribution in [2.75, 3.05) is 0 Å². The molecule has 2 aromatic rings. The maximum absolute atomic E-state index is 12.3. The minimum atomic E-state index is -2.89. The maximum atomic E-state index is 12.3. The molecular weight excluding hydrogens is 270 g/mol. The zero-order valence-electron chi connectivity index (χ0n) is 10.4. The lowest BCUT2D eigenvalue weighted by atomic mass is 10.1. The first-order valence-electron chi connectivity index (χ1n) is 5.64. The molecule has 0 bridgehead atoms. The van der Waals surface area contributed by atoms with Crippen molar-refractivity contribution in [3.8, 4) is 5.75 Å². The average Bonchev–Trinajstić information content (AvgIpc) is 2.67. The molecule has 0 radical (unpaired) electrons. The lowest BCUT2D eigenvalue weighted by Gasteiger charge is -2.06. The van der Waals surface area contributed by atoms with Crippen LogP contribution in [0.15, 0.2) is 30.3 Å². The van der Waals surface area contributed by atoms with E-state index in [1.807, 2.05) is 19.9 Å². The second-order valence-corrected chi connectivity index (χ2v) is 5.36. The van der Waals surface area contributed by atoms with E-state index in [1.54, 1.807) is 6.07 Å². The summed E-state index contributed by atoms with van der Waals surface area (Å²) in [4.78, 5) is 14.0. The van der Waals surface area contributed by atoms with Gasteiger partial charge in [-0.3, -0.25) is 4.79 Å². The zero-order valence-corrected chi connectivity index (χ0v) is 11.3. The summed E-state index contributed by atoms with van der Waals surface area (Å²) in [5.41, 5.74) is 1.25. The second-order valence-electron chi connectivity index (χ2n) is 4.10. The molecular formula is C14H12F2O2S. The molecule has 1 heterocycles. The molecule has 0 aliphatic heterocycles. The number of carbonyl (C=O) groups is 1. The number of thiophene rings is 1. The van der Waals surface area contributed by atoms with Crippen LogP contribution in [0.1, 0.15) is 25.7 Å². The second kappa shape index (κ2) is 5.48. The monoisotopic (exact) mass is 282 g/mol. The predicted octanol–water partition coefficient (Wildman–Crippen LogP) is 4.20. The van der Waals surface area contributed by atoms with Crippen molar-refractivity contribution in [1.29, 1.82) is 0 Å². The standard InChI is InChI=1S/C14H12F2O2S/c1-8-6-9(2)19-13(8)12(17)10-4-3-5-11(7-10)18-14(15)16/h3-7,14H,1-2H3. The highest BCUT2D eigenvalue weighted by atomic mass is 32.1. The molecule has 0 aliphatic carbocycles. The summed E-state index contributed by atoms with van der Waals surface area (Å²) < 4.78 is 28.6. The van der Waals surface area contributed by atoms with Crippen LogP contribution in [0.4, 0.5) is 8.78 Å². The minimum Gasteiger partial charge on any atom is -0.435 e. The van der Waals surface area contributed by atoms with Gasteiger partial charge in [0.15, 0.2) is 0 Å². The van der Waals surface area contributed by atoms with Gasteiger partial charge in [0.25, 0.3) is 0 Å². The molecule has 1 aromatic carbocycles. The highest BCUT2D eigenvalue weighted by Crippen LogP contribution is 2.25. The van der Waals surface area contributed by atoms with Crippen molar-refractivity contribution in [2.24, 2.45) is 0 Å². The summed E-state index contributed by atoms with van der Waals surface area (Å²) in [5, 5.41) is 0. The number of benzene rings is 1. The number of rotatable bonds is 4. The number of halogens is 2. The van der Waals surface area contributed by atoms with Crippen molar-refractivity contribution in [3.05, 3.63) is 51.2 Å². The first kappa shape index (κ1) is 13.7. The molecule has 0 N–H and O–H groups in total. The molecule has 19 heavy (non-hydrogen) atoms. The van der Waals surface area contributed by atoms with E-state index in [0.29, 0.717) is 10.4 Å². The van der Waals surface area contributed by atoms with Gasteiger partial charge < -0.3 is 4.74 Å². The van der Waals surface area contributed by atoms with Crippen LogP contribution < -0.4 is 4.74 Å². The number of aryl methyl sites for hydroxylation is 2. The van der Waals surface area contributed by atoms with Gasteiger partial charge in [-0.25, -0.2) is 0 Å². The Morgan fingerprint density at radius 3 is 2.58 bits per heavy atom. The number of hydrogen-bond donors (Lipinski definition) is 0. The molecule has 2 nitrogen and oxygen atoms in total. The molecule has 0 fully saturated rings. The molecule has 0 spiro atoms. The molecule has 0 atom stereocenters. The van der Waals surface area contributed by atoms with Crippen molar-refractivity contribution in [2.45, 2.75) is 20.5 Å². The Morgan fingerprint density at radius 1 is 1.26 bits per heavy atom. The summed E-state index contributed by atoms with van der Waals surface area (Å²) in [6.45, 7) is 0.886. The van der Waals surface area contributed by atoms with E-state index in [-0.39, 0.29) is 11.5 Å². The van der Waals surface area contributed by atoms with Crippen LogP contribution in [-0.2, 0) is 0 Å². The van der Waals surface area contributed by atoms with E-state index in [2.05, 4.69) is 4.74 Å². The lowest BCUT2D eigenvalue weighted by Crippen LogP contribution is -2.04.